The molecule has 0 unspecified atom stereocenters. The van der Waals surface area contributed by atoms with Crippen LogP contribution < -0.4 is 10.6 Å². The van der Waals surface area contributed by atoms with Gasteiger partial charge in [0.2, 0.25) is 0 Å². The fourth-order valence-corrected chi connectivity index (χ4v) is 3.36. The van der Waals surface area contributed by atoms with Crippen molar-refractivity contribution in [2.45, 2.75) is 18.9 Å². The zero-order valence-electron chi connectivity index (χ0n) is 13.9. The van der Waals surface area contributed by atoms with Crippen molar-refractivity contribution in [3.8, 4) is 11.1 Å². The van der Waals surface area contributed by atoms with E-state index in [1.807, 2.05) is 48.5 Å². The molecule has 1 fully saturated rings. The van der Waals surface area contributed by atoms with Crippen molar-refractivity contribution < 1.29 is 9.90 Å². The monoisotopic (exact) mass is 325 g/mol. The molecule has 126 valence electrons. The lowest BCUT2D eigenvalue weighted by Gasteiger charge is -2.28. The molecule has 24 heavy (non-hydrogen) atoms. The molecule has 3 N–H and O–H groups in total. The molecule has 3 rings (SSSR count). The van der Waals surface area contributed by atoms with Crippen molar-refractivity contribution in [1.82, 2.24) is 4.90 Å². The van der Waals surface area contributed by atoms with E-state index in [1.54, 1.807) is 0 Å². The third-order valence-corrected chi connectivity index (χ3v) is 4.69. The van der Waals surface area contributed by atoms with E-state index >= 15 is 0 Å². The SMILES string of the molecule is CN1CCC[C@H]1CN(C(=O)O)c1ccccc1-c1cccc(N)c1. The number of para-hydroxylation sites is 1. The van der Waals surface area contributed by atoms with Gasteiger partial charge in [0.1, 0.15) is 0 Å². The van der Waals surface area contributed by atoms with E-state index in [4.69, 9.17) is 5.73 Å². The number of nitrogen functional groups attached to an aromatic ring is 1. The van der Waals surface area contributed by atoms with Crippen molar-refractivity contribution in [2.75, 3.05) is 30.8 Å². The van der Waals surface area contributed by atoms with E-state index in [2.05, 4.69) is 11.9 Å². The first-order valence-electron chi connectivity index (χ1n) is 8.22. The van der Waals surface area contributed by atoms with Gasteiger partial charge in [0.25, 0.3) is 0 Å². The number of rotatable bonds is 4. The van der Waals surface area contributed by atoms with E-state index in [0.717, 1.165) is 30.5 Å². The number of anilines is 2. The summed E-state index contributed by atoms with van der Waals surface area (Å²) in [5.74, 6) is 0. The number of nitrogens with zero attached hydrogens (tertiary/aromatic N) is 2. The molecule has 5 nitrogen and oxygen atoms in total. The number of carbonyl (C=O) groups is 1. The minimum absolute atomic E-state index is 0.259. The zero-order valence-corrected chi connectivity index (χ0v) is 13.9. The number of hydrogen-bond acceptors (Lipinski definition) is 3. The highest BCUT2D eigenvalue weighted by molar-refractivity contribution is 5.93. The highest BCUT2D eigenvalue weighted by atomic mass is 16.4. The lowest BCUT2D eigenvalue weighted by Crippen LogP contribution is -2.41. The summed E-state index contributed by atoms with van der Waals surface area (Å²) in [5, 5.41) is 9.78. The van der Waals surface area contributed by atoms with Gasteiger partial charge >= 0.3 is 6.09 Å². The Morgan fingerprint density at radius 3 is 2.75 bits per heavy atom. The molecule has 1 saturated heterocycles. The average Bonchev–Trinajstić information content (AvgIpc) is 2.97. The maximum Gasteiger partial charge on any atom is 0.411 e. The molecule has 0 bridgehead atoms. The van der Waals surface area contributed by atoms with Gasteiger partial charge in [0, 0.05) is 23.8 Å². The Bertz CT molecular complexity index is 732. The summed E-state index contributed by atoms with van der Waals surface area (Å²) in [7, 11) is 2.06. The summed E-state index contributed by atoms with van der Waals surface area (Å²) in [6, 6.07) is 15.4. The maximum absolute atomic E-state index is 11.9. The first kappa shape index (κ1) is 16.3. The number of nitrogens with two attached hydrogens (primary N) is 1. The van der Waals surface area contributed by atoms with Crippen LogP contribution in [0.5, 0.6) is 0 Å². The van der Waals surface area contributed by atoms with E-state index in [9.17, 15) is 9.90 Å². The van der Waals surface area contributed by atoms with Crippen LogP contribution in [0.25, 0.3) is 11.1 Å². The third kappa shape index (κ3) is 3.36. The minimum atomic E-state index is -0.924. The normalized spacial score (nSPS) is 17.8. The summed E-state index contributed by atoms with van der Waals surface area (Å²) in [6.07, 6.45) is 1.22. The van der Waals surface area contributed by atoms with Gasteiger partial charge < -0.3 is 15.7 Å². The van der Waals surface area contributed by atoms with Gasteiger partial charge in [-0.25, -0.2) is 4.79 Å². The molecule has 1 aliphatic rings. The molecule has 0 spiro atoms. The molecular weight excluding hydrogens is 302 g/mol. The van der Waals surface area contributed by atoms with E-state index in [1.165, 1.54) is 4.90 Å². The van der Waals surface area contributed by atoms with Gasteiger partial charge in [-0.1, -0.05) is 30.3 Å². The highest BCUT2D eigenvalue weighted by Crippen LogP contribution is 2.32. The number of amides is 1. The van der Waals surface area contributed by atoms with Gasteiger partial charge in [0.15, 0.2) is 0 Å². The minimum Gasteiger partial charge on any atom is -0.465 e. The standard InChI is InChI=1S/C19H23N3O2/c1-21-11-5-8-16(21)13-22(19(23)24)18-10-3-2-9-17(18)14-6-4-7-15(20)12-14/h2-4,6-7,9-10,12,16H,5,8,11,13,20H2,1H3,(H,23,24)/t16-/m0/s1. The summed E-state index contributed by atoms with van der Waals surface area (Å²) in [6.45, 7) is 1.50. The quantitative estimate of drug-likeness (QED) is 0.844. The summed E-state index contributed by atoms with van der Waals surface area (Å²) in [4.78, 5) is 15.6. The molecule has 1 heterocycles. The Hall–Kier alpha value is -2.53. The van der Waals surface area contributed by atoms with Gasteiger partial charge in [-0.05, 0) is 50.2 Å². The first-order chi connectivity index (χ1) is 11.6. The van der Waals surface area contributed by atoms with Crippen molar-refractivity contribution in [3.05, 3.63) is 48.5 Å². The summed E-state index contributed by atoms with van der Waals surface area (Å²) in [5.41, 5.74) is 9.08. The highest BCUT2D eigenvalue weighted by Gasteiger charge is 2.27. The molecule has 2 aromatic carbocycles. The van der Waals surface area contributed by atoms with Crippen molar-refractivity contribution in [2.24, 2.45) is 0 Å². The van der Waals surface area contributed by atoms with Gasteiger partial charge in [-0.15, -0.1) is 0 Å². The summed E-state index contributed by atoms with van der Waals surface area (Å²) < 4.78 is 0. The van der Waals surface area contributed by atoms with E-state index in [-0.39, 0.29) is 6.04 Å². The Kier molecular flexibility index (Phi) is 4.71. The molecule has 1 amide bonds. The predicted molar refractivity (Wildman–Crippen MR) is 97.3 cm³/mol. The molecule has 1 atom stereocenters. The second-order valence-electron chi connectivity index (χ2n) is 6.31. The molecular formula is C19H23N3O2. The Labute approximate surface area is 142 Å². The van der Waals surface area contributed by atoms with Crippen LogP contribution in [-0.2, 0) is 0 Å². The molecule has 2 aromatic rings. The lowest BCUT2D eigenvalue weighted by molar-refractivity contribution is 0.198. The summed E-state index contributed by atoms with van der Waals surface area (Å²) >= 11 is 0. The Morgan fingerprint density at radius 2 is 2.08 bits per heavy atom. The maximum atomic E-state index is 11.9. The van der Waals surface area contributed by atoms with E-state index in [0.29, 0.717) is 17.9 Å². The average molecular weight is 325 g/mol. The molecule has 1 aliphatic heterocycles. The van der Waals surface area contributed by atoms with Crippen molar-refractivity contribution in [3.63, 3.8) is 0 Å². The predicted octanol–water partition coefficient (Wildman–Crippen LogP) is 3.51. The largest absolute Gasteiger partial charge is 0.465 e. The number of likely N-dealkylation sites (tertiary alicyclic amines) is 1. The van der Waals surface area contributed by atoms with E-state index < -0.39 is 6.09 Å². The van der Waals surface area contributed by atoms with Crippen molar-refractivity contribution >= 4 is 17.5 Å². The molecule has 0 aromatic heterocycles. The molecule has 0 radical (unpaired) electrons. The lowest BCUT2D eigenvalue weighted by atomic mass is 10.0. The molecule has 5 heteroatoms. The van der Waals surface area contributed by atoms with Crippen LogP contribution >= 0.6 is 0 Å². The van der Waals surface area contributed by atoms with Crippen LogP contribution in [0.1, 0.15) is 12.8 Å². The van der Waals surface area contributed by atoms with Crippen LogP contribution in [0.4, 0.5) is 16.2 Å². The zero-order chi connectivity index (χ0) is 17.1. The third-order valence-electron chi connectivity index (χ3n) is 4.69. The number of hydrogen-bond donors (Lipinski definition) is 2. The fraction of sp³-hybridized carbons (Fsp3) is 0.316. The second kappa shape index (κ2) is 6.93. The first-order valence-corrected chi connectivity index (χ1v) is 8.22. The smallest absolute Gasteiger partial charge is 0.411 e. The van der Waals surface area contributed by atoms with Crippen LogP contribution in [0.15, 0.2) is 48.5 Å². The molecule has 0 saturated carbocycles. The van der Waals surface area contributed by atoms with Gasteiger partial charge in [0.05, 0.1) is 5.69 Å². The Balaban J connectivity index is 1.98. The number of benzene rings is 2. The topological polar surface area (TPSA) is 69.8 Å². The number of carboxylic acid groups (broad SMARTS) is 1. The fourth-order valence-electron chi connectivity index (χ4n) is 3.36. The van der Waals surface area contributed by atoms with Gasteiger partial charge in [-0.3, -0.25) is 4.90 Å². The van der Waals surface area contributed by atoms with Crippen LogP contribution in [-0.4, -0.2) is 42.3 Å². The number of likely N-dealkylation sites (N-methyl/N-ethyl adjacent to an activating group) is 1. The second-order valence-corrected chi connectivity index (χ2v) is 6.31. The van der Waals surface area contributed by atoms with Crippen molar-refractivity contribution in [1.29, 1.82) is 0 Å². The van der Waals surface area contributed by atoms with Gasteiger partial charge in [-0.2, -0.15) is 0 Å². The van der Waals surface area contributed by atoms with Crippen LogP contribution in [0.2, 0.25) is 0 Å². The Morgan fingerprint density at radius 1 is 1.29 bits per heavy atom. The van der Waals surface area contributed by atoms with Crippen LogP contribution in [0.3, 0.4) is 0 Å². The molecule has 0 aliphatic carbocycles. The van der Waals surface area contributed by atoms with Crippen LogP contribution in [0, 0.1) is 0 Å².